The first kappa shape index (κ1) is 21.5. The van der Waals surface area contributed by atoms with Crippen LogP contribution in [0.5, 0.6) is 11.5 Å². The topological polar surface area (TPSA) is 71.0 Å². The Morgan fingerprint density at radius 1 is 1.11 bits per heavy atom. The van der Waals surface area contributed by atoms with Crippen molar-refractivity contribution in [1.29, 1.82) is 0 Å². The van der Waals surface area contributed by atoms with E-state index in [2.05, 4.69) is 12.2 Å². The van der Waals surface area contributed by atoms with E-state index in [0.29, 0.717) is 23.9 Å². The second kappa shape index (κ2) is 11.1. The molecule has 0 fully saturated rings. The maximum atomic E-state index is 10.1. The number of phenols is 1. The summed E-state index contributed by atoms with van der Waals surface area (Å²) >= 11 is 6.24. The van der Waals surface area contributed by atoms with E-state index in [0.717, 1.165) is 24.0 Å². The summed E-state index contributed by atoms with van der Waals surface area (Å²) in [4.78, 5) is 0. The number of ether oxygens (including phenoxy) is 2. The highest BCUT2D eigenvalue weighted by Crippen LogP contribution is 2.25. The van der Waals surface area contributed by atoms with Crippen LogP contribution in [-0.4, -0.2) is 49.2 Å². The molecular weight excluding hydrogens is 366 g/mol. The Kier molecular flexibility index (Phi) is 8.88. The van der Waals surface area contributed by atoms with Crippen LogP contribution in [0, 0.1) is 0 Å². The zero-order chi connectivity index (χ0) is 19.6. The predicted molar refractivity (Wildman–Crippen MR) is 108 cm³/mol. The molecule has 0 radical (unpaired) electrons. The highest BCUT2D eigenvalue weighted by molar-refractivity contribution is 6.32. The quantitative estimate of drug-likeness (QED) is 0.547. The molecule has 2 aromatic rings. The largest absolute Gasteiger partial charge is 0.508 e. The molecule has 5 nitrogen and oxygen atoms in total. The Morgan fingerprint density at radius 3 is 2.48 bits per heavy atom. The van der Waals surface area contributed by atoms with E-state index in [-0.39, 0.29) is 18.4 Å². The van der Waals surface area contributed by atoms with Gasteiger partial charge in [0.15, 0.2) is 0 Å². The molecule has 0 bridgehead atoms. The number of rotatable bonds is 11. The Balaban J connectivity index is 1.72. The van der Waals surface area contributed by atoms with Crippen LogP contribution in [-0.2, 0) is 17.6 Å². The SMILES string of the molecule is COCCc1ccc(OCC(O)CNC(C)Cc2ccc(O)cc2)c(Cl)c1. The molecule has 0 heterocycles. The number of aromatic hydroxyl groups is 1. The van der Waals surface area contributed by atoms with Crippen LogP contribution >= 0.6 is 11.6 Å². The van der Waals surface area contributed by atoms with Crippen molar-refractivity contribution < 1.29 is 19.7 Å². The standard InChI is InChI=1S/C21H28ClNO4/c1-15(11-16-3-6-18(24)7-4-16)23-13-19(25)14-27-21-8-5-17(9-10-26-2)12-20(21)22/h3-8,12,15,19,23-25H,9-11,13-14H2,1-2H3. The molecule has 6 heteroatoms. The number of methoxy groups -OCH3 is 1. The van der Waals surface area contributed by atoms with Gasteiger partial charge in [-0.3, -0.25) is 0 Å². The van der Waals surface area contributed by atoms with E-state index in [4.69, 9.17) is 21.1 Å². The lowest BCUT2D eigenvalue weighted by atomic mass is 10.1. The van der Waals surface area contributed by atoms with Gasteiger partial charge >= 0.3 is 0 Å². The summed E-state index contributed by atoms with van der Waals surface area (Å²) in [6, 6.07) is 13.0. The number of phenolic OH excluding ortho intramolecular Hbond substituents is 1. The number of benzene rings is 2. The van der Waals surface area contributed by atoms with E-state index in [1.165, 1.54) is 0 Å². The van der Waals surface area contributed by atoms with Crippen LogP contribution < -0.4 is 10.1 Å². The minimum atomic E-state index is -0.642. The summed E-state index contributed by atoms with van der Waals surface area (Å²) in [6.07, 6.45) is 0.960. The van der Waals surface area contributed by atoms with Gasteiger partial charge in [0, 0.05) is 19.7 Å². The van der Waals surface area contributed by atoms with Crippen molar-refractivity contribution in [2.75, 3.05) is 26.9 Å². The van der Waals surface area contributed by atoms with Gasteiger partial charge in [-0.15, -0.1) is 0 Å². The molecule has 3 N–H and O–H groups in total. The molecule has 0 aromatic heterocycles. The van der Waals surface area contributed by atoms with E-state index < -0.39 is 6.10 Å². The number of hydrogen-bond donors (Lipinski definition) is 3. The first-order valence-electron chi connectivity index (χ1n) is 9.07. The highest BCUT2D eigenvalue weighted by atomic mass is 35.5. The van der Waals surface area contributed by atoms with Gasteiger partial charge in [-0.05, 0) is 55.2 Å². The molecule has 0 spiro atoms. The predicted octanol–water partition coefficient (Wildman–Crippen LogP) is 3.20. The average Bonchev–Trinajstić information content (AvgIpc) is 2.65. The Morgan fingerprint density at radius 2 is 1.81 bits per heavy atom. The van der Waals surface area contributed by atoms with E-state index in [9.17, 15) is 10.2 Å². The molecule has 27 heavy (non-hydrogen) atoms. The van der Waals surface area contributed by atoms with E-state index >= 15 is 0 Å². The van der Waals surface area contributed by atoms with Crippen LogP contribution in [0.3, 0.4) is 0 Å². The number of hydrogen-bond acceptors (Lipinski definition) is 5. The molecule has 148 valence electrons. The molecule has 0 saturated heterocycles. The number of nitrogens with one attached hydrogen (secondary N) is 1. The van der Waals surface area contributed by atoms with Gasteiger partial charge < -0.3 is 25.0 Å². The Labute approximate surface area is 165 Å². The molecule has 0 aliphatic carbocycles. The molecule has 0 aliphatic heterocycles. The van der Waals surface area contributed by atoms with Gasteiger partial charge in [-0.1, -0.05) is 29.8 Å². The first-order valence-corrected chi connectivity index (χ1v) is 9.45. The molecule has 2 atom stereocenters. The van der Waals surface area contributed by atoms with Gasteiger partial charge in [0.05, 0.1) is 11.6 Å². The molecule has 2 rings (SSSR count). The summed E-state index contributed by atoms with van der Waals surface area (Å²) in [5.74, 6) is 0.825. The third-order valence-corrected chi connectivity index (χ3v) is 4.50. The molecule has 2 aromatic carbocycles. The zero-order valence-electron chi connectivity index (χ0n) is 15.8. The van der Waals surface area contributed by atoms with Gasteiger partial charge in [0.2, 0.25) is 0 Å². The summed E-state index contributed by atoms with van der Waals surface area (Å²) in [7, 11) is 1.67. The fourth-order valence-corrected chi connectivity index (χ4v) is 2.93. The summed E-state index contributed by atoms with van der Waals surface area (Å²) in [5, 5.41) is 23.3. The molecule has 2 unspecified atom stereocenters. The monoisotopic (exact) mass is 393 g/mol. The third kappa shape index (κ3) is 7.77. The summed E-state index contributed by atoms with van der Waals surface area (Å²) < 4.78 is 10.7. The maximum Gasteiger partial charge on any atom is 0.138 e. The van der Waals surface area contributed by atoms with Crippen molar-refractivity contribution in [3.8, 4) is 11.5 Å². The number of aliphatic hydroxyl groups is 1. The van der Waals surface area contributed by atoms with Crippen LogP contribution in [0.25, 0.3) is 0 Å². The number of halogens is 1. The van der Waals surface area contributed by atoms with E-state index in [1.54, 1.807) is 19.2 Å². The van der Waals surface area contributed by atoms with Crippen LogP contribution in [0.15, 0.2) is 42.5 Å². The maximum absolute atomic E-state index is 10.1. The van der Waals surface area contributed by atoms with Crippen LogP contribution in [0.1, 0.15) is 18.1 Å². The second-order valence-corrected chi connectivity index (χ2v) is 7.06. The fraction of sp³-hybridized carbons (Fsp3) is 0.429. The Hall–Kier alpha value is -1.79. The molecule has 0 amide bonds. The lowest BCUT2D eigenvalue weighted by Crippen LogP contribution is -2.37. The van der Waals surface area contributed by atoms with Crippen molar-refractivity contribution >= 4 is 11.6 Å². The smallest absolute Gasteiger partial charge is 0.138 e. The van der Waals surface area contributed by atoms with Gasteiger partial charge in [-0.25, -0.2) is 0 Å². The van der Waals surface area contributed by atoms with E-state index in [1.807, 2.05) is 30.3 Å². The Bertz CT molecular complexity index is 693. The molecule has 0 aliphatic rings. The summed E-state index contributed by atoms with van der Waals surface area (Å²) in [6.45, 7) is 3.28. The average molecular weight is 394 g/mol. The zero-order valence-corrected chi connectivity index (χ0v) is 16.6. The van der Waals surface area contributed by atoms with Gasteiger partial charge in [0.25, 0.3) is 0 Å². The fourth-order valence-electron chi connectivity index (χ4n) is 2.68. The van der Waals surface area contributed by atoms with Crippen LogP contribution in [0.4, 0.5) is 0 Å². The first-order chi connectivity index (χ1) is 13.0. The summed E-state index contributed by atoms with van der Waals surface area (Å²) in [5.41, 5.74) is 2.21. The van der Waals surface area contributed by atoms with Gasteiger partial charge in [0.1, 0.15) is 24.2 Å². The van der Waals surface area contributed by atoms with Crippen molar-refractivity contribution in [3.05, 3.63) is 58.6 Å². The van der Waals surface area contributed by atoms with Gasteiger partial charge in [-0.2, -0.15) is 0 Å². The minimum Gasteiger partial charge on any atom is -0.508 e. The minimum absolute atomic E-state index is 0.163. The van der Waals surface area contributed by atoms with Crippen molar-refractivity contribution in [1.82, 2.24) is 5.32 Å². The second-order valence-electron chi connectivity index (χ2n) is 6.65. The number of aliphatic hydroxyl groups excluding tert-OH is 1. The third-order valence-electron chi connectivity index (χ3n) is 4.20. The molecule has 0 saturated carbocycles. The normalized spacial score (nSPS) is 13.3. The lowest BCUT2D eigenvalue weighted by molar-refractivity contribution is 0.104. The van der Waals surface area contributed by atoms with Crippen molar-refractivity contribution in [3.63, 3.8) is 0 Å². The molecular formula is C21H28ClNO4. The lowest BCUT2D eigenvalue weighted by Gasteiger charge is -2.18. The van der Waals surface area contributed by atoms with Crippen LogP contribution in [0.2, 0.25) is 5.02 Å². The van der Waals surface area contributed by atoms with Crippen molar-refractivity contribution in [2.45, 2.75) is 31.9 Å². The highest BCUT2D eigenvalue weighted by Gasteiger charge is 2.10. The van der Waals surface area contributed by atoms with Crippen molar-refractivity contribution in [2.24, 2.45) is 0 Å².